The summed E-state index contributed by atoms with van der Waals surface area (Å²) in [6.07, 6.45) is 1.07. The number of thiocarbonyl (C=S) groups is 1. The Morgan fingerprint density at radius 1 is 1.40 bits per heavy atom. The Morgan fingerprint density at radius 3 is 2.70 bits per heavy atom. The lowest BCUT2D eigenvalue weighted by atomic mass is 10.4. The van der Waals surface area contributed by atoms with Crippen molar-refractivity contribution in [1.29, 1.82) is 0 Å². The van der Waals surface area contributed by atoms with Crippen LogP contribution in [0.4, 0.5) is 0 Å². The molecule has 1 heterocycles. The third kappa shape index (κ3) is 2.99. The van der Waals surface area contributed by atoms with Gasteiger partial charge in [0.05, 0.1) is 0 Å². The van der Waals surface area contributed by atoms with Crippen LogP contribution in [-0.2, 0) is 0 Å². The van der Waals surface area contributed by atoms with E-state index in [1.165, 1.54) is 31.1 Å². The molecule has 58 valence electrons. The van der Waals surface area contributed by atoms with E-state index in [0.29, 0.717) is 0 Å². The average Bonchev–Trinajstić information content (AvgIpc) is 2.03. The van der Waals surface area contributed by atoms with Crippen LogP contribution in [0.15, 0.2) is 0 Å². The van der Waals surface area contributed by atoms with Gasteiger partial charge in [-0.3, -0.25) is 0 Å². The zero-order valence-corrected chi connectivity index (χ0v) is 7.72. The largest absolute Gasteiger partial charge is 0.301 e. The highest BCUT2D eigenvalue weighted by Gasteiger charge is 2.07. The van der Waals surface area contributed by atoms with Gasteiger partial charge in [-0.1, -0.05) is 12.2 Å². The Morgan fingerprint density at radius 2 is 2.10 bits per heavy atom. The van der Waals surface area contributed by atoms with Crippen LogP contribution in [-0.4, -0.2) is 41.4 Å². The van der Waals surface area contributed by atoms with Gasteiger partial charge in [-0.15, -0.1) is 0 Å². The number of hydrogen-bond acceptors (Lipinski definition) is 3. The van der Waals surface area contributed by atoms with E-state index in [1.54, 1.807) is 0 Å². The second kappa shape index (κ2) is 5.10. The van der Waals surface area contributed by atoms with Crippen LogP contribution in [0.5, 0.6) is 0 Å². The maximum Gasteiger partial charge on any atom is 0.00728 e. The van der Waals surface area contributed by atoms with Gasteiger partial charge in [0.15, 0.2) is 0 Å². The molecule has 0 aliphatic carbocycles. The Kier molecular flexibility index (Phi) is 4.34. The molecule has 3 heteroatoms. The zero-order valence-electron chi connectivity index (χ0n) is 6.08. The highest BCUT2D eigenvalue weighted by atomic mass is 32.2. The summed E-state index contributed by atoms with van der Waals surface area (Å²) >= 11 is 6.82. The first kappa shape index (κ1) is 8.50. The topological polar surface area (TPSA) is 3.24 Å². The van der Waals surface area contributed by atoms with Crippen molar-refractivity contribution in [3.05, 3.63) is 0 Å². The first-order valence-electron chi connectivity index (χ1n) is 3.67. The van der Waals surface area contributed by atoms with Crippen LogP contribution >= 0.6 is 24.0 Å². The van der Waals surface area contributed by atoms with Crippen LogP contribution < -0.4 is 0 Å². The van der Waals surface area contributed by atoms with Crippen molar-refractivity contribution in [2.24, 2.45) is 0 Å². The number of hydrogen-bond donors (Lipinski definition) is 0. The molecule has 1 rings (SSSR count). The molecule has 0 saturated carbocycles. The SMILES string of the molecule is S=CCCN1CCSCC1. The standard InChI is InChI=1S/C7H13NS2/c9-5-1-2-8-3-6-10-7-4-8/h5H,1-4,6-7H2. The summed E-state index contributed by atoms with van der Waals surface area (Å²) in [5, 5.41) is 1.84. The van der Waals surface area contributed by atoms with Gasteiger partial charge in [-0.2, -0.15) is 11.8 Å². The Labute approximate surface area is 72.2 Å². The van der Waals surface area contributed by atoms with Crippen LogP contribution in [0.2, 0.25) is 0 Å². The maximum atomic E-state index is 4.76. The van der Waals surface area contributed by atoms with Crippen molar-refractivity contribution in [3.8, 4) is 0 Å². The van der Waals surface area contributed by atoms with Gasteiger partial charge in [0.2, 0.25) is 0 Å². The van der Waals surface area contributed by atoms with Gasteiger partial charge in [0.1, 0.15) is 0 Å². The van der Waals surface area contributed by atoms with E-state index in [9.17, 15) is 0 Å². The molecule has 1 nitrogen and oxygen atoms in total. The van der Waals surface area contributed by atoms with Crippen molar-refractivity contribution >= 4 is 29.3 Å². The minimum absolute atomic E-state index is 1.07. The first-order chi connectivity index (χ1) is 4.93. The van der Waals surface area contributed by atoms with Gasteiger partial charge < -0.3 is 4.90 Å². The van der Waals surface area contributed by atoms with E-state index < -0.39 is 0 Å². The summed E-state index contributed by atoms with van der Waals surface area (Å²) in [5.41, 5.74) is 0. The summed E-state index contributed by atoms with van der Waals surface area (Å²) in [4.78, 5) is 2.49. The number of nitrogens with zero attached hydrogens (tertiary/aromatic N) is 1. The van der Waals surface area contributed by atoms with E-state index >= 15 is 0 Å². The quantitative estimate of drug-likeness (QED) is 0.597. The third-order valence-electron chi connectivity index (χ3n) is 1.67. The fraction of sp³-hybridized carbons (Fsp3) is 0.857. The predicted molar refractivity (Wildman–Crippen MR) is 52.0 cm³/mol. The van der Waals surface area contributed by atoms with Crippen molar-refractivity contribution in [1.82, 2.24) is 4.90 Å². The van der Waals surface area contributed by atoms with Crippen molar-refractivity contribution in [3.63, 3.8) is 0 Å². The van der Waals surface area contributed by atoms with Gasteiger partial charge in [-0.05, 0) is 11.8 Å². The molecule has 1 fully saturated rings. The minimum atomic E-state index is 1.07. The Hall–Kier alpha value is 0.400. The Bertz CT molecular complexity index is 99.8. The molecule has 0 aromatic carbocycles. The molecule has 1 aliphatic heterocycles. The van der Waals surface area contributed by atoms with Gasteiger partial charge in [0.25, 0.3) is 0 Å². The highest BCUT2D eigenvalue weighted by molar-refractivity contribution is 7.99. The summed E-state index contributed by atoms with van der Waals surface area (Å²) in [5.74, 6) is 2.61. The van der Waals surface area contributed by atoms with E-state index in [2.05, 4.69) is 16.7 Å². The molecular weight excluding hydrogens is 162 g/mol. The number of rotatable bonds is 3. The minimum Gasteiger partial charge on any atom is -0.301 e. The Balaban J connectivity index is 2.07. The fourth-order valence-corrected chi connectivity index (χ4v) is 2.14. The number of thioether (sulfide) groups is 1. The molecule has 0 amide bonds. The van der Waals surface area contributed by atoms with Crippen LogP contribution in [0, 0.1) is 0 Å². The molecule has 0 aromatic rings. The van der Waals surface area contributed by atoms with Crippen molar-refractivity contribution in [2.75, 3.05) is 31.1 Å². The molecule has 10 heavy (non-hydrogen) atoms. The van der Waals surface area contributed by atoms with Crippen LogP contribution in [0.25, 0.3) is 0 Å². The van der Waals surface area contributed by atoms with Crippen molar-refractivity contribution < 1.29 is 0 Å². The summed E-state index contributed by atoms with van der Waals surface area (Å²) < 4.78 is 0. The zero-order chi connectivity index (χ0) is 7.23. The molecule has 0 atom stereocenters. The van der Waals surface area contributed by atoms with Crippen molar-refractivity contribution in [2.45, 2.75) is 6.42 Å². The van der Waals surface area contributed by atoms with Crippen LogP contribution in [0.3, 0.4) is 0 Å². The molecule has 0 N–H and O–H groups in total. The first-order valence-corrected chi connectivity index (χ1v) is 5.30. The molecule has 0 spiro atoms. The molecule has 1 aliphatic rings. The third-order valence-corrected chi connectivity index (χ3v) is 2.85. The molecular formula is C7H13NS2. The van der Waals surface area contributed by atoms with E-state index in [0.717, 1.165) is 6.42 Å². The normalized spacial score (nSPS) is 20.8. The predicted octanol–water partition coefficient (Wildman–Crippen LogP) is 1.43. The van der Waals surface area contributed by atoms with Crippen LogP contribution in [0.1, 0.15) is 6.42 Å². The fourth-order valence-electron chi connectivity index (χ4n) is 1.06. The summed E-state index contributed by atoms with van der Waals surface area (Å²) in [6, 6.07) is 0. The maximum absolute atomic E-state index is 4.76. The lowest BCUT2D eigenvalue weighted by Crippen LogP contribution is -2.33. The smallest absolute Gasteiger partial charge is 0.00728 e. The second-order valence-electron chi connectivity index (χ2n) is 2.41. The lowest BCUT2D eigenvalue weighted by molar-refractivity contribution is 0.313. The van der Waals surface area contributed by atoms with E-state index in [-0.39, 0.29) is 0 Å². The molecule has 1 saturated heterocycles. The van der Waals surface area contributed by atoms with Gasteiger partial charge in [-0.25, -0.2) is 0 Å². The molecule has 0 bridgehead atoms. The monoisotopic (exact) mass is 175 g/mol. The average molecular weight is 175 g/mol. The molecule has 0 unspecified atom stereocenters. The van der Waals surface area contributed by atoms with E-state index in [1.807, 2.05) is 5.37 Å². The summed E-state index contributed by atoms with van der Waals surface area (Å²) in [7, 11) is 0. The van der Waals surface area contributed by atoms with E-state index in [4.69, 9.17) is 12.2 Å². The lowest BCUT2D eigenvalue weighted by Gasteiger charge is -2.25. The molecule has 0 aromatic heterocycles. The summed E-state index contributed by atoms with van der Waals surface area (Å²) in [6.45, 7) is 3.69. The molecule has 0 radical (unpaired) electrons. The highest BCUT2D eigenvalue weighted by Crippen LogP contribution is 2.08. The van der Waals surface area contributed by atoms with Gasteiger partial charge in [0, 0.05) is 31.1 Å². The van der Waals surface area contributed by atoms with Gasteiger partial charge >= 0.3 is 0 Å². The second-order valence-corrected chi connectivity index (χ2v) is 3.97.